The average Bonchev–Trinajstić information content (AvgIpc) is 2.81. The molecule has 9 heteroatoms. The molecule has 0 radical (unpaired) electrons. The van der Waals surface area contributed by atoms with Gasteiger partial charge in [-0.3, -0.25) is 0 Å². The van der Waals surface area contributed by atoms with Crippen molar-refractivity contribution in [1.29, 1.82) is 0 Å². The Morgan fingerprint density at radius 2 is 1.95 bits per heavy atom. The van der Waals surface area contributed by atoms with Crippen LogP contribution in [0, 0.1) is 6.92 Å². The van der Waals surface area contributed by atoms with Crippen molar-refractivity contribution in [1.82, 2.24) is 5.16 Å². The minimum Gasteiger partial charge on any atom is -0.377 e. The van der Waals surface area contributed by atoms with E-state index in [0.717, 1.165) is 6.07 Å². The summed E-state index contributed by atoms with van der Waals surface area (Å²) in [7, 11) is -5.41. The summed E-state index contributed by atoms with van der Waals surface area (Å²) in [4.78, 5) is -0.825. The van der Waals surface area contributed by atoms with E-state index in [-0.39, 0.29) is 12.2 Å². The second kappa shape index (κ2) is 5.40. The molecule has 0 bridgehead atoms. The predicted molar refractivity (Wildman–Crippen MR) is 68.2 cm³/mol. The summed E-state index contributed by atoms with van der Waals surface area (Å²) in [6.07, 6.45) is 0. The van der Waals surface area contributed by atoms with E-state index in [9.17, 15) is 21.6 Å². The minimum atomic E-state index is -5.41. The molecule has 0 spiro atoms. The SMILES string of the molecule is Cc1cc(CNc2ccccc2S(=O)(=O)C(F)(F)F)on1. The largest absolute Gasteiger partial charge is 0.501 e. The second-order valence-corrected chi connectivity index (χ2v) is 6.14. The normalized spacial score (nSPS) is 12.4. The maximum Gasteiger partial charge on any atom is 0.501 e. The molecule has 1 aromatic carbocycles. The van der Waals surface area contributed by atoms with Gasteiger partial charge in [0.1, 0.15) is 0 Å². The van der Waals surface area contributed by atoms with Crippen LogP contribution in [-0.2, 0) is 16.4 Å². The fraction of sp³-hybridized carbons (Fsp3) is 0.250. The summed E-state index contributed by atoms with van der Waals surface area (Å²) in [6.45, 7) is 1.71. The number of benzene rings is 1. The van der Waals surface area contributed by atoms with Gasteiger partial charge < -0.3 is 9.84 Å². The lowest BCUT2D eigenvalue weighted by atomic mass is 10.3. The highest BCUT2D eigenvalue weighted by Gasteiger charge is 2.47. The first-order valence-electron chi connectivity index (χ1n) is 5.78. The van der Waals surface area contributed by atoms with E-state index in [1.54, 1.807) is 13.0 Å². The van der Waals surface area contributed by atoms with Gasteiger partial charge >= 0.3 is 5.51 Å². The Balaban J connectivity index is 2.30. The summed E-state index contributed by atoms with van der Waals surface area (Å²) >= 11 is 0. The molecular weight excluding hydrogens is 309 g/mol. The van der Waals surface area contributed by atoms with Crippen LogP contribution in [0.15, 0.2) is 39.8 Å². The van der Waals surface area contributed by atoms with E-state index in [1.807, 2.05) is 0 Å². The molecule has 5 nitrogen and oxygen atoms in total. The molecule has 1 N–H and O–H groups in total. The molecular formula is C12H11F3N2O3S. The summed E-state index contributed by atoms with van der Waals surface area (Å²) in [6, 6.07) is 6.40. The number of alkyl halides is 3. The Bertz CT molecular complexity index is 738. The van der Waals surface area contributed by atoms with Gasteiger partial charge in [-0.05, 0) is 19.1 Å². The molecule has 21 heavy (non-hydrogen) atoms. The standard InChI is InChI=1S/C12H11F3N2O3S/c1-8-6-9(20-17-8)7-16-10-4-2-3-5-11(10)21(18,19)12(13,14)15/h2-6,16H,7H2,1H3. The maximum atomic E-state index is 12.6. The first-order chi connectivity index (χ1) is 9.72. The van der Waals surface area contributed by atoms with Crippen molar-refractivity contribution >= 4 is 15.5 Å². The van der Waals surface area contributed by atoms with Crippen LogP contribution < -0.4 is 5.32 Å². The Hall–Kier alpha value is -2.03. The third kappa shape index (κ3) is 3.18. The molecule has 0 atom stereocenters. The summed E-state index contributed by atoms with van der Waals surface area (Å²) in [5, 5.41) is 6.23. The zero-order valence-electron chi connectivity index (χ0n) is 10.8. The first-order valence-corrected chi connectivity index (χ1v) is 7.26. The van der Waals surface area contributed by atoms with Gasteiger partial charge in [-0.15, -0.1) is 0 Å². The molecule has 1 heterocycles. The summed E-state index contributed by atoms with van der Waals surface area (Å²) in [5.41, 5.74) is -4.89. The molecule has 2 aromatic rings. The molecule has 0 aliphatic heterocycles. The number of rotatable bonds is 4. The number of hydrogen-bond acceptors (Lipinski definition) is 5. The lowest BCUT2D eigenvalue weighted by Gasteiger charge is -2.13. The molecule has 0 unspecified atom stereocenters. The highest BCUT2D eigenvalue weighted by molar-refractivity contribution is 7.92. The molecule has 2 rings (SSSR count). The number of anilines is 1. The Morgan fingerprint density at radius 3 is 2.52 bits per heavy atom. The average molecular weight is 320 g/mol. The van der Waals surface area contributed by atoms with E-state index < -0.39 is 20.2 Å². The molecule has 114 valence electrons. The van der Waals surface area contributed by atoms with Gasteiger partial charge in [-0.1, -0.05) is 17.3 Å². The number of nitrogens with zero attached hydrogens (tertiary/aromatic N) is 1. The summed E-state index contributed by atoms with van der Waals surface area (Å²) in [5.74, 6) is 0.381. The van der Waals surface area contributed by atoms with Crippen molar-refractivity contribution < 1.29 is 26.1 Å². The monoisotopic (exact) mass is 320 g/mol. The van der Waals surface area contributed by atoms with Crippen LogP contribution in [0.4, 0.5) is 18.9 Å². The van der Waals surface area contributed by atoms with Crippen LogP contribution >= 0.6 is 0 Å². The fourth-order valence-corrected chi connectivity index (χ4v) is 2.59. The first kappa shape index (κ1) is 15.4. The zero-order valence-corrected chi connectivity index (χ0v) is 11.6. The van der Waals surface area contributed by atoms with Crippen LogP contribution in [0.25, 0.3) is 0 Å². The molecule has 1 aromatic heterocycles. The Kier molecular flexibility index (Phi) is 3.95. The Labute approximate surface area is 118 Å². The molecule has 0 fully saturated rings. The molecule has 0 aliphatic carbocycles. The van der Waals surface area contributed by atoms with E-state index >= 15 is 0 Å². The molecule has 0 saturated heterocycles. The van der Waals surface area contributed by atoms with Gasteiger partial charge in [0.2, 0.25) is 0 Å². The van der Waals surface area contributed by atoms with E-state index in [0.29, 0.717) is 11.5 Å². The number of halogens is 3. The number of aromatic nitrogens is 1. The highest BCUT2D eigenvalue weighted by atomic mass is 32.2. The van der Waals surface area contributed by atoms with Crippen molar-refractivity contribution in [3.8, 4) is 0 Å². The van der Waals surface area contributed by atoms with Crippen LogP contribution in [0.3, 0.4) is 0 Å². The van der Waals surface area contributed by atoms with Crippen LogP contribution in [0.5, 0.6) is 0 Å². The van der Waals surface area contributed by atoms with Gasteiger partial charge in [0.25, 0.3) is 9.84 Å². The van der Waals surface area contributed by atoms with Gasteiger partial charge in [-0.25, -0.2) is 8.42 Å². The Morgan fingerprint density at radius 1 is 1.29 bits per heavy atom. The van der Waals surface area contributed by atoms with Gasteiger partial charge in [0.15, 0.2) is 5.76 Å². The predicted octanol–water partition coefficient (Wildman–Crippen LogP) is 2.89. The number of para-hydroxylation sites is 1. The second-order valence-electron chi connectivity index (χ2n) is 4.23. The smallest absolute Gasteiger partial charge is 0.377 e. The topological polar surface area (TPSA) is 72.2 Å². The van der Waals surface area contributed by atoms with Crippen LogP contribution in [0.2, 0.25) is 0 Å². The fourth-order valence-electron chi connectivity index (χ4n) is 1.65. The van der Waals surface area contributed by atoms with Gasteiger partial charge in [0, 0.05) is 6.07 Å². The number of aryl methyl sites for hydroxylation is 1. The lowest BCUT2D eigenvalue weighted by molar-refractivity contribution is -0.0435. The quantitative estimate of drug-likeness (QED) is 0.938. The highest BCUT2D eigenvalue weighted by Crippen LogP contribution is 2.34. The minimum absolute atomic E-state index is 0.0191. The van der Waals surface area contributed by atoms with Gasteiger partial charge in [0.05, 0.1) is 22.8 Å². The third-order valence-corrected chi connectivity index (χ3v) is 4.16. The van der Waals surface area contributed by atoms with Crippen molar-refractivity contribution in [2.45, 2.75) is 23.9 Å². The van der Waals surface area contributed by atoms with Crippen LogP contribution in [0.1, 0.15) is 11.5 Å². The van der Waals surface area contributed by atoms with E-state index in [1.165, 1.54) is 18.2 Å². The maximum absolute atomic E-state index is 12.6. The number of hydrogen-bond donors (Lipinski definition) is 1. The van der Waals surface area contributed by atoms with E-state index in [2.05, 4.69) is 10.5 Å². The van der Waals surface area contributed by atoms with E-state index in [4.69, 9.17) is 4.52 Å². The zero-order chi connectivity index (χ0) is 15.7. The van der Waals surface area contributed by atoms with Crippen molar-refractivity contribution in [3.05, 3.63) is 41.8 Å². The van der Waals surface area contributed by atoms with Crippen molar-refractivity contribution in [2.24, 2.45) is 0 Å². The lowest BCUT2D eigenvalue weighted by Crippen LogP contribution is -2.24. The number of sulfone groups is 1. The van der Waals surface area contributed by atoms with Crippen molar-refractivity contribution in [2.75, 3.05) is 5.32 Å². The molecule has 0 aliphatic rings. The summed E-state index contributed by atoms with van der Waals surface area (Å²) < 4.78 is 65.7. The molecule has 0 saturated carbocycles. The number of nitrogens with one attached hydrogen (secondary N) is 1. The van der Waals surface area contributed by atoms with Crippen LogP contribution in [-0.4, -0.2) is 19.1 Å². The van der Waals surface area contributed by atoms with Crippen molar-refractivity contribution in [3.63, 3.8) is 0 Å². The third-order valence-electron chi connectivity index (χ3n) is 2.61. The molecule has 0 amide bonds. The van der Waals surface area contributed by atoms with Gasteiger partial charge in [-0.2, -0.15) is 13.2 Å².